The van der Waals surface area contributed by atoms with Crippen molar-refractivity contribution in [1.82, 2.24) is 5.32 Å². The lowest BCUT2D eigenvalue weighted by Gasteiger charge is -1.96. The van der Waals surface area contributed by atoms with Gasteiger partial charge in [0.1, 0.15) is 11.5 Å². The molecule has 0 bridgehead atoms. The molecule has 0 radical (unpaired) electrons. The van der Waals surface area contributed by atoms with Crippen LogP contribution in [0, 0.1) is 13.8 Å². The average Bonchev–Trinajstić information content (AvgIpc) is 2.26. The third-order valence-corrected chi connectivity index (χ3v) is 1.75. The Balaban J connectivity index is 2.62. The van der Waals surface area contributed by atoms with E-state index in [-0.39, 0.29) is 0 Å². The highest BCUT2D eigenvalue weighted by Crippen LogP contribution is 2.13. The van der Waals surface area contributed by atoms with E-state index in [0.717, 1.165) is 24.5 Å². The lowest BCUT2D eigenvalue weighted by atomic mass is 10.2. The molecule has 0 aliphatic carbocycles. The van der Waals surface area contributed by atoms with Crippen LogP contribution in [0.15, 0.2) is 10.5 Å². The zero-order chi connectivity index (χ0) is 8.27. The normalized spacial score (nSPS) is 10.5. The molecule has 0 aliphatic rings. The Bertz CT molecular complexity index is 227. The number of hydrogen-bond donors (Lipinski definition) is 1. The molecule has 11 heavy (non-hydrogen) atoms. The van der Waals surface area contributed by atoms with Gasteiger partial charge in [0.05, 0.1) is 0 Å². The fraction of sp³-hybridized carbons (Fsp3) is 0.556. The second-order valence-corrected chi connectivity index (χ2v) is 2.82. The maximum absolute atomic E-state index is 5.48. The minimum atomic E-state index is 0.980. The molecule has 0 atom stereocenters. The highest BCUT2D eigenvalue weighted by atomic mass is 16.3. The molecule has 1 aromatic heterocycles. The molecule has 0 unspecified atom stereocenters. The lowest BCUT2D eigenvalue weighted by molar-refractivity contribution is 0.477. The maximum Gasteiger partial charge on any atom is 0.108 e. The van der Waals surface area contributed by atoms with E-state index in [1.54, 1.807) is 0 Å². The van der Waals surface area contributed by atoms with Gasteiger partial charge < -0.3 is 9.73 Å². The van der Waals surface area contributed by atoms with Gasteiger partial charge >= 0.3 is 0 Å². The summed E-state index contributed by atoms with van der Waals surface area (Å²) in [5, 5.41) is 3.09. The molecule has 0 amide bonds. The zero-order valence-electron chi connectivity index (χ0n) is 7.40. The van der Waals surface area contributed by atoms with Crippen LogP contribution in [0.1, 0.15) is 17.1 Å². The van der Waals surface area contributed by atoms with Gasteiger partial charge in [-0.15, -0.1) is 0 Å². The summed E-state index contributed by atoms with van der Waals surface area (Å²) in [5.41, 5.74) is 1.26. The summed E-state index contributed by atoms with van der Waals surface area (Å²) in [6, 6.07) is 2.07. The molecular weight excluding hydrogens is 138 g/mol. The topological polar surface area (TPSA) is 25.2 Å². The summed E-state index contributed by atoms with van der Waals surface area (Å²) in [6.07, 6.45) is 0.982. The van der Waals surface area contributed by atoms with E-state index in [9.17, 15) is 0 Å². The predicted octanol–water partition coefficient (Wildman–Crippen LogP) is 1.66. The summed E-state index contributed by atoms with van der Waals surface area (Å²) in [4.78, 5) is 0. The molecule has 1 rings (SSSR count). The van der Waals surface area contributed by atoms with Crippen molar-refractivity contribution >= 4 is 0 Å². The molecule has 0 aliphatic heterocycles. The van der Waals surface area contributed by atoms with Gasteiger partial charge in [-0.05, 0) is 32.5 Å². The summed E-state index contributed by atoms with van der Waals surface area (Å²) in [5.74, 6) is 2.12. The Morgan fingerprint density at radius 1 is 1.45 bits per heavy atom. The molecule has 2 heteroatoms. The standard InChI is InChI=1S/C9H15NO/c1-7-6-8(2)11-9(7)4-5-10-3/h6,10H,4-5H2,1-3H3. The predicted molar refractivity (Wildman–Crippen MR) is 45.8 cm³/mol. The lowest BCUT2D eigenvalue weighted by Crippen LogP contribution is -2.10. The number of nitrogens with one attached hydrogen (secondary N) is 1. The molecule has 1 aromatic rings. The smallest absolute Gasteiger partial charge is 0.108 e. The molecule has 0 fully saturated rings. The number of hydrogen-bond acceptors (Lipinski definition) is 2. The van der Waals surface area contributed by atoms with Gasteiger partial charge in [0.15, 0.2) is 0 Å². The van der Waals surface area contributed by atoms with E-state index in [4.69, 9.17) is 4.42 Å². The van der Waals surface area contributed by atoms with E-state index in [2.05, 4.69) is 18.3 Å². The van der Waals surface area contributed by atoms with Crippen LogP contribution in [0.3, 0.4) is 0 Å². The SMILES string of the molecule is CNCCc1oc(C)cc1C. The Morgan fingerprint density at radius 2 is 2.18 bits per heavy atom. The quantitative estimate of drug-likeness (QED) is 0.714. The first-order valence-corrected chi connectivity index (χ1v) is 3.94. The summed E-state index contributed by atoms with van der Waals surface area (Å²) in [6.45, 7) is 5.05. The van der Waals surface area contributed by atoms with Crippen molar-refractivity contribution in [3.8, 4) is 0 Å². The molecule has 0 spiro atoms. The minimum absolute atomic E-state index is 0.980. The van der Waals surface area contributed by atoms with Crippen LogP contribution >= 0.6 is 0 Å². The van der Waals surface area contributed by atoms with Crippen LogP contribution in [0.5, 0.6) is 0 Å². The third kappa shape index (κ3) is 2.09. The van der Waals surface area contributed by atoms with Crippen molar-refractivity contribution in [3.63, 3.8) is 0 Å². The molecule has 0 aromatic carbocycles. The average molecular weight is 153 g/mol. The van der Waals surface area contributed by atoms with Crippen molar-refractivity contribution in [3.05, 3.63) is 23.2 Å². The third-order valence-electron chi connectivity index (χ3n) is 1.75. The Labute approximate surface area is 67.6 Å². The molecule has 0 saturated heterocycles. The fourth-order valence-electron chi connectivity index (χ4n) is 1.18. The van der Waals surface area contributed by atoms with E-state index < -0.39 is 0 Å². The van der Waals surface area contributed by atoms with Crippen LogP contribution in [-0.4, -0.2) is 13.6 Å². The van der Waals surface area contributed by atoms with Crippen LogP contribution in [0.2, 0.25) is 0 Å². The number of furan rings is 1. The highest BCUT2D eigenvalue weighted by Gasteiger charge is 2.02. The van der Waals surface area contributed by atoms with Gasteiger partial charge in [-0.25, -0.2) is 0 Å². The van der Waals surface area contributed by atoms with E-state index in [1.165, 1.54) is 5.56 Å². The monoisotopic (exact) mass is 153 g/mol. The van der Waals surface area contributed by atoms with Gasteiger partial charge in [-0.2, -0.15) is 0 Å². The van der Waals surface area contributed by atoms with Gasteiger partial charge in [0.2, 0.25) is 0 Å². The first-order valence-electron chi connectivity index (χ1n) is 3.94. The van der Waals surface area contributed by atoms with E-state index in [0.29, 0.717) is 0 Å². The zero-order valence-corrected chi connectivity index (χ0v) is 7.40. The number of rotatable bonds is 3. The molecule has 1 heterocycles. The van der Waals surface area contributed by atoms with Gasteiger partial charge in [0.25, 0.3) is 0 Å². The number of aryl methyl sites for hydroxylation is 2. The summed E-state index contributed by atoms with van der Waals surface area (Å²) >= 11 is 0. The van der Waals surface area contributed by atoms with Crippen LogP contribution < -0.4 is 5.32 Å². The molecule has 2 nitrogen and oxygen atoms in total. The molecule has 1 N–H and O–H groups in total. The highest BCUT2D eigenvalue weighted by molar-refractivity contribution is 5.19. The van der Waals surface area contributed by atoms with E-state index in [1.807, 2.05) is 14.0 Å². The van der Waals surface area contributed by atoms with Crippen LogP contribution in [0.4, 0.5) is 0 Å². The van der Waals surface area contributed by atoms with E-state index >= 15 is 0 Å². The maximum atomic E-state index is 5.48. The Kier molecular flexibility index (Phi) is 2.71. The fourth-order valence-corrected chi connectivity index (χ4v) is 1.18. The first kappa shape index (κ1) is 8.34. The van der Waals surface area contributed by atoms with Crippen molar-refractivity contribution in [2.45, 2.75) is 20.3 Å². The van der Waals surface area contributed by atoms with Gasteiger partial charge in [-0.1, -0.05) is 0 Å². The molecule has 0 saturated carbocycles. The second kappa shape index (κ2) is 3.58. The largest absolute Gasteiger partial charge is 0.466 e. The van der Waals surface area contributed by atoms with Gasteiger partial charge in [-0.3, -0.25) is 0 Å². The Morgan fingerprint density at radius 3 is 2.64 bits per heavy atom. The minimum Gasteiger partial charge on any atom is -0.466 e. The van der Waals surface area contributed by atoms with Crippen molar-refractivity contribution < 1.29 is 4.42 Å². The Hall–Kier alpha value is -0.760. The van der Waals surface area contributed by atoms with Crippen molar-refractivity contribution in [1.29, 1.82) is 0 Å². The molecule has 62 valence electrons. The van der Waals surface area contributed by atoms with Crippen molar-refractivity contribution in [2.24, 2.45) is 0 Å². The summed E-state index contributed by atoms with van der Waals surface area (Å²) in [7, 11) is 1.95. The first-order chi connectivity index (χ1) is 5.24. The summed E-state index contributed by atoms with van der Waals surface area (Å²) < 4.78 is 5.48. The van der Waals surface area contributed by atoms with Crippen molar-refractivity contribution in [2.75, 3.05) is 13.6 Å². The van der Waals surface area contributed by atoms with Crippen LogP contribution in [0.25, 0.3) is 0 Å². The molecular formula is C9H15NO. The van der Waals surface area contributed by atoms with Gasteiger partial charge in [0, 0.05) is 13.0 Å². The second-order valence-electron chi connectivity index (χ2n) is 2.82. The number of likely N-dealkylation sites (N-methyl/N-ethyl adjacent to an activating group) is 1. The van der Waals surface area contributed by atoms with Crippen LogP contribution in [-0.2, 0) is 6.42 Å².